The van der Waals surface area contributed by atoms with E-state index in [1.165, 1.54) is 25.7 Å². The molecule has 0 aromatic carbocycles. The van der Waals surface area contributed by atoms with Gasteiger partial charge in [0.15, 0.2) is 0 Å². The molecule has 1 saturated heterocycles. The van der Waals surface area contributed by atoms with Crippen molar-refractivity contribution in [3.05, 3.63) is 0 Å². The van der Waals surface area contributed by atoms with Crippen LogP contribution >= 0.6 is 0 Å². The molecule has 0 saturated carbocycles. The number of carboxylic acids is 1. The van der Waals surface area contributed by atoms with E-state index in [9.17, 15) is 9.90 Å². The summed E-state index contributed by atoms with van der Waals surface area (Å²) in [6, 6.07) is 0.587. The average Bonchev–Trinajstić information content (AvgIpc) is 2.60. The Morgan fingerprint density at radius 2 is 1.89 bits per heavy atom. The summed E-state index contributed by atoms with van der Waals surface area (Å²) in [5.41, 5.74) is -0.544. The molecule has 0 spiro atoms. The quantitative estimate of drug-likeness (QED) is 0.789. The summed E-state index contributed by atoms with van der Waals surface area (Å²) in [5.74, 6) is -0.619. The second-order valence-electron chi connectivity index (χ2n) is 5.67. The van der Waals surface area contributed by atoms with Crippen LogP contribution in [0.2, 0.25) is 0 Å². The molecule has 1 rings (SSSR count). The van der Waals surface area contributed by atoms with E-state index < -0.39 is 11.4 Å². The maximum Gasteiger partial charge on any atom is 0.310 e. The van der Waals surface area contributed by atoms with Crippen molar-refractivity contribution >= 4 is 5.97 Å². The Labute approximate surface area is 112 Å². The lowest BCUT2D eigenvalue weighted by atomic mass is 9.81. The Morgan fingerprint density at radius 3 is 2.39 bits per heavy atom. The minimum absolute atomic E-state index is 0.544. The van der Waals surface area contributed by atoms with Gasteiger partial charge >= 0.3 is 5.97 Å². The van der Waals surface area contributed by atoms with Gasteiger partial charge in [0.25, 0.3) is 0 Å². The second kappa shape index (κ2) is 7.13. The van der Waals surface area contributed by atoms with Crippen molar-refractivity contribution in [1.29, 1.82) is 0 Å². The van der Waals surface area contributed by atoms with Gasteiger partial charge in [-0.15, -0.1) is 0 Å². The molecule has 3 heteroatoms. The number of hydrogen-bond donors (Lipinski definition) is 1. The normalized spacial score (nSPS) is 22.7. The first-order valence-corrected chi connectivity index (χ1v) is 7.57. The van der Waals surface area contributed by atoms with Crippen molar-refractivity contribution < 1.29 is 9.90 Å². The smallest absolute Gasteiger partial charge is 0.310 e. The number of hydrogen-bond acceptors (Lipinski definition) is 2. The van der Waals surface area contributed by atoms with Crippen LogP contribution in [0.15, 0.2) is 0 Å². The van der Waals surface area contributed by atoms with Gasteiger partial charge in [0.1, 0.15) is 0 Å². The Hall–Kier alpha value is -0.570. The number of likely N-dealkylation sites (tertiary alicyclic amines) is 1. The van der Waals surface area contributed by atoms with Crippen molar-refractivity contribution in [1.82, 2.24) is 4.90 Å². The fraction of sp³-hybridized carbons (Fsp3) is 0.933. The summed E-state index contributed by atoms with van der Waals surface area (Å²) < 4.78 is 0. The zero-order valence-electron chi connectivity index (χ0n) is 12.2. The fourth-order valence-electron chi connectivity index (χ4n) is 3.14. The summed E-state index contributed by atoms with van der Waals surface area (Å²) in [4.78, 5) is 14.1. The molecule has 0 bridgehead atoms. The highest BCUT2D eigenvalue weighted by molar-refractivity contribution is 5.74. The average molecular weight is 255 g/mol. The van der Waals surface area contributed by atoms with Crippen molar-refractivity contribution in [2.45, 2.75) is 71.8 Å². The molecule has 1 aliphatic heterocycles. The van der Waals surface area contributed by atoms with Gasteiger partial charge in [0, 0.05) is 12.6 Å². The van der Waals surface area contributed by atoms with Crippen LogP contribution in [0.5, 0.6) is 0 Å². The molecule has 3 nitrogen and oxygen atoms in total. The van der Waals surface area contributed by atoms with Crippen LogP contribution in [0, 0.1) is 5.41 Å². The summed E-state index contributed by atoms with van der Waals surface area (Å²) in [7, 11) is 0. The highest BCUT2D eigenvalue weighted by Gasteiger charge is 2.38. The summed E-state index contributed by atoms with van der Waals surface area (Å²) in [5, 5.41) is 9.56. The zero-order valence-corrected chi connectivity index (χ0v) is 12.2. The molecule has 18 heavy (non-hydrogen) atoms. The van der Waals surface area contributed by atoms with Gasteiger partial charge in [-0.25, -0.2) is 0 Å². The molecule has 106 valence electrons. The number of nitrogens with zero attached hydrogens (tertiary/aromatic N) is 1. The van der Waals surface area contributed by atoms with E-state index in [1.807, 2.05) is 13.8 Å². The first-order chi connectivity index (χ1) is 8.59. The molecule has 1 aliphatic rings. The summed E-state index contributed by atoms with van der Waals surface area (Å²) in [6.07, 6.45) is 7.65. The van der Waals surface area contributed by atoms with Crippen LogP contribution in [0.3, 0.4) is 0 Å². The van der Waals surface area contributed by atoms with E-state index in [0.717, 1.165) is 32.4 Å². The fourth-order valence-corrected chi connectivity index (χ4v) is 3.14. The van der Waals surface area contributed by atoms with Crippen LogP contribution in [0.1, 0.15) is 65.7 Å². The molecule has 0 aromatic rings. The Bertz CT molecular complexity index is 261. The largest absolute Gasteiger partial charge is 0.481 e. The standard InChI is InChI=1S/C15H29NO2/c1-4-13-10-8-7-9-11-16(13)12-15(5-2,6-3)14(17)18/h13H,4-12H2,1-3H3,(H,17,18). The molecule has 0 radical (unpaired) electrons. The molecule has 1 unspecified atom stereocenters. The monoisotopic (exact) mass is 255 g/mol. The first kappa shape index (κ1) is 15.5. The Balaban J connectivity index is 2.79. The molecule has 0 amide bonds. The minimum Gasteiger partial charge on any atom is -0.481 e. The van der Waals surface area contributed by atoms with Gasteiger partial charge in [-0.2, -0.15) is 0 Å². The van der Waals surface area contributed by atoms with Crippen LogP contribution in [-0.2, 0) is 4.79 Å². The highest BCUT2D eigenvalue weighted by Crippen LogP contribution is 2.31. The van der Waals surface area contributed by atoms with Gasteiger partial charge in [0.2, 0.25) is 0 Å². The van der Waals surface area contributed by atoms with E-state index in [0.29, 0.717) is 6.04 Å². The van der Waals surface area contributed by atoms with Gasteiger partial charge < -0.3 is 5.11 Å². The van der Waals surface area contributed by atoms with Gasteiger partial charge in [-0.1, -0.05) is 33.6 Å². The van der Waals surface area contributed by atoms with Crippen molar-refractivity contribution in [2.75, 3.05) is 13.1 Å². The first-order valence-electron chi connectivity index (χ1n) is 7.57. The second-order valence-corrected chi connectivity index (χ2v) is 5.67. The minimum atomic E-state index is -0.619. The molecular formula is C15H29NO2. The lowest BCUT2D eigenvalue weighted by molar-refractivity contribution is -0.151. The maximum atomic E-state index is 11.6. The van der Waals surface area contributed by atoms with Gasteiger partial charge in [-0.3, -0.25) is 9.69 Å². The van der Waals surface area contributed by atoms with Crippen LogP contribution in [0.4, 0.5) is 0 Å². The van der Waals surface area contributed by atoms with E-state index >= 15 is 0 Å². The number of rotatable bonds is 6. The number of carbonyl (C=O) groups is 1. The predicted octanol–water partition coefficient (Wildman–Crippen LogP) is 3.53. The van der Waals surface area contributed by atoms with Crippen molar-refractivity contribution in [3.8, 4) is 0 Å². The van der Waals surface area contributed by atoms with Crippen LogP contribution < -0.4 is 0 Å². The van der Waals surface area contributed by atoms with E-state index in [2.05, 4.69) is 11.8 Å². The Kier molecular flexibility index (Phi) is 6.13. The molecule has 1 N–H and O–H groups in total. The van der Waals surface area contributed by atoms with E-state index in [4.69, 9.17) is 0 Å². The topological polar surface area (TPSA) is 40.5 Å². The lowest BCUT2D eigenvalue weighted by Crippen LogP contribution is -2.46. The third kappa shape index (κ3) is 3.47. The maximum absolute atomic E-state index is 11.6. The molecule has 0 aromatic heterocycles. The SMILES string of the molecule is CCC1CCCCCN1CC(CC)(CC)C(=O)O. The molecule has 1 heterocycles. The molecule has 0 aliphatic carbocycles. The summed E-state index contributed by atoms with van der Waals surface area (Å²) >= 11 is 0. The van der Waals surface area contributed by atoms with Crippen molar-refractivity contribution in [2.24, 2.45) is 5.41 Å². The van der Waals surface area contributed by atoms with Crippen LogP contribution in [0.25, 0.3) is 0 Å². The van der Waals surface area contributed by atoms with Gasteiger partial charge in [-0.05, 0) is 38.6 Å². The molecule has 1 fully saturated rings. The molecular weight excluding hydrogens is 226 g/mol. The third-order valence-corrected chi connectivity index (χ3v) is 4.78. The van der Waals surface area contributed by atoms with Crippen molar-refractivity contribution in [3.63, 3.8) is 0 Å². The lowest BCUT2D eigenvalue weighted by Gasteiger charge is -2.37. The number of aliphatic carboxylic acids is 1. The molecule has 1 atom stereocenters. The van der Waals surface area contributed by atoms with E-state index in [1.54, 1.807) is 0 Å². The number of carboxylic acid groups (broad SMARTS) is 1. The van der Waals surface area contributed by atoms with Crippen LogP contribution in [-0.4, -0.2) is 35.1 Å². The third-order valence-electron chi connectivity index (χ3n) is 4.78. The zero-order chi connectivity index (χ0) is 13.6. The predicted molar refractivity (Wildman–Crippen MR) is 74.8 cm³/mol. The Morgan fingerprint density at radius 1 is 1.22 bits per heavy atom. The highest BCUT2D eigenvalue weighted by atomic mass is 16.4. The summed E-state index contributed by atoms with van der Waals surface area (Å²) in [6.45, 7) is 8.05. The van der Waals surface area contributed by atoms with E-state index in [-0.39, 0.29) is 0 Å². The van der Waals surface area contributed by atoms with Gasteiger partial charge in [0.05, 0.1) is 5.41 Å².